The number of rotatable bonds is 2. The zero-order valence-electron chi connectivity index (χ0n) is 5.79. The quantitative estimate of drug-likeness (QED) is 0.511. The van der Waals surface area contributed by atoms with Crippen molar-refractivity contribution in [3.63, 3.8) is 0 Å². The van der Waals surface area contributed by atoms with Crippen LogP contribution in [0.25, 0.3) is 0 Å². The van der Waals surface area contributed by atoms with Crippen LogP contribution in [0, 0.1) is 0 Å². The van der Waals surface area contributed by atoms with Crippen molar-refractivity contribution in [1.82, 2.24) is 5.14 Å². The molecule has 12 heteroatoms. The van der Waals surface area contributed by atoms with Crippen LogP contribution < -0.4 is 5.14 Å². The Morgan fingerprint density at radius 3 is 1.21 bits per heavy atom. The molecule has 0 saturated heterocycles. The number of hydrogen-bond donors (Lipinski definition) is 0. The predicted molar refractivity (Wildman–Crippen MR) is 31.0 cm³/mol. The minimum atomic E-state index is -7.06. The van der Waals surface area contributed by atoms with E-state index in [-0.39, 0.29) is 0 Å². The Morgan fingerprint density at radius 1 is 0.857 bits per heavy atom. The topological polar surface area (TPSA) is 90.6 Å². The summed E-state index contributed by atoms with van der Waals surface area (Å²) in [5.74, 6) is 0. The zero-order valence-corrected chi connectivity index (χ0v) is 7.42. The molecule has 0 aliphatic rings. The van der Waals surface area contributed by atoms with Crippen molar-refractivity contribution in [3.8, 4) is 0 Å². The third-order valence-electron chi connectivity index (χ3n) is 0.921. The van der Waals surface area contributed by atoms with Crippen molar-refractivity contribution in [2.45, 2.75) is 11.4 Å². The first-order chi connectivity index (χ1) is 5.75. The van der Waals surface area contributed by atoms with E-state index in [1.54, 1.807) is 0 Å². The Morgan fingerprint density at radius 2 is 1.14 bits per heavy atom. The van der Waals surface area contributed by atoms with Gasteiger partial charge in [0.25, 0.3) is 0 Å². The van der Waals surface area contributed by atoms with E-state index in [2.05, 4.69) is 0 Å². The fourth-order valence-electron chi connectivity index (χ4n) is 0.274. The number of alkyl halides is 5. The normalized spacial score (nSPS) is 15.6. The summed E-state index contributed by atoms with van der Waals surface area (Å²) in [6.45, 7) is 0. The Bertz CT molecular complexity index is 417. The smallest absolute Gasteiger partial charge is 0.204 e. The van der Waals surface area contributed by atoms with Crippen molar-refractivity contribution < 1.29 is 38.8 Å². The fraction of sp³-hybridized carbons (Fsp3) is 1.00. The Balaban J connectivity index is 5.82. The maximum Gasteiger partial charge on any atom is 0.470 e. The van der Waals surface area contributed by atoms with Gasteiger partial charge in [0.1, 0.15) is 0 Å². The second kappa shape index (κ2) is 3.00. The summed E-state index contributed by atoms with van der Waals surface area (Å²) in [5.41, 5.74) is 0. The number of nitrogens with zero attached hydrogens (tertiary/aromatic N) is 1. The molecule has 0 bridgehead atoms. The molecule has 0 aromatic carbocycles. The minimum Gasteiger partial charge on any atom is -0.204 e. The van der Waals surface area contributed by atoms with Gasteiger partial charge in [0.2, 0.25) is 0 Å². The van der Waals surface area contributed by atoms with Gasteiger partial charge in [-0.15, -0.1) is 0 Å². The first-order valence-corrected chi connectivity index (χ1v) is 5.86. The molecular formula is C2F5NO4S2. The van der Waals surface area contributed by atoms with E-state index in [1.165, 1.54) is 0 Å². The van der Waals surface area contributed by atoms with E-state index in [1.807, 2.05) is 0 Å². The van der Waals surface area contributed by atoms with Crippen LogP contribution in [0.15, 0.2) is 0 Å². The van der Waals surface area contributed by atoms with Crippen molar-refractivity contribution in [2.24, 2.45) is 0 Å². The standard InChI is InChI=1S/C2F5NO4S2/c3-1(4,5)2(6,7)13(9,10)14(8,11)12. The van der Waals surface area contributed by atoms with E-state index >= 15 is 0 Å². The van der Waals surface area contributed by atoms with Crippen LogP contribution >= 0.6 is 0 Å². The lowest BCUT2D eigenvalue weighted by Crippen LogP contribution is -2.47. The van der Waals surface area contributed by atoms with Gasteiger partial charge in [0, 0.05) is 5.14 Å². The molecular weight excluding hydrogens is 261 g/mol. The van der Waals surface area contributed by atoms with Gasteiger partial charge in [-0.3, -0.25) is 0 Å². The molecule has 0 rings (SSSR count). The first-order valence-electron chi connectivity index (χ1n) is 2.41. The van der Waals surface area contributed by atoms with Gasteiger partial charge in [0.15, 0.2) is 0 Å². The van der Waals surface area contributed by atoms with Crippen molar-refractivity contribution in [2.75, 3.05) is 0 Å². The molecule has 0 spiro atoms. The highest BCUT2D eigenvalue weighted by molar-refractivity contribution is 8.66. The van der Waals surface area contributed by atoms with Gasteiger partial charge in [-0.05, 0) is 0 Å². The van der Waals surface area contributed by atoms with E-state index in [0.29, 0.717) is 0 Å². The van der Waals surface area contributed by atoms with Gasteiger partial charge in [0.05, 0.1) is 0 Å². The van der Waals surface area contributed by atoms with E-state index in [9.17, 15) is 38.8 Å². The lowest BCUT2D eigenvalue weighted by atomic mass is 10.7. The fourth-order valence-corrected chi connectivity index (χ4v) is 1.90. The number of hydrogen-bond acceptors (Lipinski definition) is 4. The van der Waals surface area contributed by atoms with Crippen molar-refractivity contribution in [3.05, 3.63) is 0 Å². The molecule has 0 saturated carbocycles. The van der Waals surface area contributed by atoms with Crippen LogP contribution in [0.3, 0.4) is 0 Å². The molecule has 2 radical (unpaired) electrons. The molecule has 84 valence electrons. The molecule has 0 aromatic heterocycles. The van der Waals surface area contributed by atoms with Crippen LogP contribution in [0.2, 0.25) is 0 Å². The average Bonchev–Trinajstić information content (AvgIpc) is 1.81. The lowest BCUT2D eigenvalue weighted by Gasteiger charge is -2.16. The third-order valence-corrected chi connectivity index (χ3v) is 4.63. The Labute approximate surface area is 74.1 Å². The molecule has 0 N–H and O–H groups in total. The van der Waals surface area contributed by atoms with Crippen molar-refractivity contribution in [1.29, 1.82) is 0 Å². The maximum absolute atomic E-state index is 12.0. The molecule has 14 heavy (non-hydrogen) atoms. The van der Waals surface area contributed by atoms with Gasteiger partial charge >= 0.3 is 29.4 Å². The van der Waals surface area contributed by atoms with Gasteiger partial charge in [-0.1, -0.05) is 0 Å². The lowest BCUT2D eigenvalue weighted by molar-refractivity contribution is -0.240. The second-order valence-corrected chi connectivity index (χ2v) is 6.75. The molecule has 0 amide bonds. The second-order valence-electron chi connectivity index (χ2n) is 1.90. The zero-order chi connectivity index (χ0) is 12.0. The summed E-state index contributed by atoms with van der Waals surface area (Å²) in [5, 5.41) is 1.10. The maximum atomic E-state index is 12.0. The summed E-state index contributed by atoms with van der Waals surface area (Å²) in [6, 6.07) is 0. The summed E-state index contributed by atoms with van der Waals surface area (Å²) < 4.78 is 97.5. The predicted octanol–water partition coefficient (Wildman–Crippen LogP) is -0.130. The third kappa shape index (κ3) is 1.81. The molecule has 5 nitrogen and oxygen atoms in total. The first kappa shape index (κ1) is 13.5. The Kier molecular flexibility index (Phi) is 2.89. The van der Waals surface area contributed by atoms with Gasteiger partial charge in [-0.25, -0.2) is 8.42 Å². The van der Waals surface area contributed by atoms with Gasteiger partial charge < -0.3 is 0 Å². The minimum absolute atomic E-state index is 6.54. The van der Waals surface area contributed by atoms with Crippen LogP contribution in [-0.2, 0) is 17.9 Å². The molecule has 0 aliphatic carbocycles. The number of halogens is 5. The largest absolute Gasteiger partial charge is 0.470 e. The monoisotopic (exact) mass is 261 g/mol. The molecule has 0 aliphatic heterocycles. The average molecular weight is 261 g/mol. The van der Waals surface area contributed by atoms with E-state index in [4.69, 9.17) is 5.14 Å². The SMILES string of the molecule is [N]S(=O)(=O)S(=O)(=O)C(F)(F)C(F)(F)F. The van der Waals surface area contributed by atoms with Crippen LogP contribution in [0.1, 0.15) is 0 Å². The van der Waals surface area contributed by atoms with E-state index < -0.39 is 29.4 Å². The molecule has 0 aromatic rings. The van der Waals surface area contributed by atoms with Crippen molar-refractivity contribution >= 4 is 17.9 Å². The summed E-state index contributed by atoms with van der Waals surface area (Å²) in [4.78, 5) is 0. The highest BCUT2D eigenvalue weighted by atomic mass is 33.2. The summed E-state index contributed by atoms with van der Waals surface area (Å²) >= 11 is 0. The highest BCUT2D eigenvalue weighted by Crippen LogP contribution is 2.41. The van der Waals surface area contributed by atoms with Crippen LogP contribution in [0.5, 0.6) is 0 Å². The molecule has 0 atom stereocenters. The molecule has 0 fully saturated rings. The Hall–Kier alpha value is -0.490. The summed E-state index contributed by atoms with van der Waals surface area (Å²) in [6.07, 6.45) is -6.62. The van der Waals surface area contributed by atoms with Gasteiger partial charge in [-0.2, -0.15) is 30.4 Å². The van der Waals surface area contributed by atoms with Crippen LogP contribution in [0.4, 0.5) is 22.0 Å². The van der Waals surface area contributed by atoms with E-state index in [0.717, 1.165) is 0 Å². The highest BCUT2D eigenvalue weighted by Gasteiger charge is 2.71. The molecule has 0 heterocycles. The van der Waals surface area contributed by atoms with Crippen LogP contribution in [-0.4, -0.2) is 28.3 Å². The summed E-state index contributed by atoms with van der Waals surface area (Å²) in [7, 11) is -13.6. The molecule has 0 unspecified atom stereocenters.